The number of nitrogens with zero attached hydrogens (tertiary/aromatic N) is 5. The summed E-state index contributed by atoms with van der Waals surface area (Å²) in [4.78, 5) is 9.58. The average molecular weight is 448 g/mol. The second kappa shape index (κ2) is 7.49. The molecule has 3 heterocycles. The van der Waals surface area contributed by atoms with Crippen LogP contribution in [-0.4, -0.2) is 19.1 Å². The quantitative estimate of drug-likeness (QED) is 0.426. The Morgan fingerprint density at radius 2 is 1.86 bits per heavy atom. The largest absolute Gasteiger partial charge is 0.344 e. The first-order chi connectivity index (χ1) is 13.9. The number of hydrogen-bond acceptors (Lipinski definition) is 3. The summed E-state index contributed by atoms with van der Waals surface area (Å²) in [5, 5.41) is 9.44. The molecule has 0 aliphatic heterocycles. The predicted molar refractivity (Wildman–Crippen MR) is 119 cm³/mol. The normalized spacial score (nSPS) is 11.2. The van der Waals surface area contributed by atoms with Crippen LogP contribution in [0.3, 0.4) is 0 Å². The van der Waals surface area contributed by atoms with Gasteiger partial charge in [-0.3, -0.25) is 0 Å². The van der Waals surface area contributed by atoms with E-state index in [9.17, 15) is 5.26 Å². The van der Waals surface area contributed by atoms with Crippen molar-refractivity contribution in [3.05, 3.63) is 69.3 Å². The van der Waals surface area contributed by atoms with Crippen LogP contribution in [0.1, 0.15) is 35.1 Å². The van der Waals surface area contributed by atoms with Gasteiger partial charge in [-0.1, -0.05) is 31.2 Å². The van der Waals surface area contributed by atoms with Crippen LogP contribution in [0.2, 0.25) is 0 Å². The summed E-state index contributed by atoms with van der Waals surface area (Å²) in [5.41, 5.74) is 7.88. The van der Waals surface area contributed by atoms with Gasteiger partial charge in [-0.05, 0) is 52.5 Å². The number of rotatable bonds is 4. The van der Waals surface area contributed by atoms with Gasteiger partial charge >= 0.3 is 0 Å². The van der Waals surface area contributed by atoms with Gasteiger partial charge in [0.2, 0.25) is 0 Å². The summed E-state index contributed by atoms with van der Waals surface area (Å²) >= 11 is 3.60. The van der Waals surface area contributed by atoms with E-state index in [0.29, 0.717) is 5.56 Å². The van der Waals surface area contributed by atoms with Gasteiger partial charge in [0.25, 0.3) is 0 Å². The molecule has 0 atom stereocenters. The molecule has 146 valence electrons. The molecule has 0 fully saturated rings. The van der Waals surface area contributed by atoms with Crippen LogP contribution >= 0.6 is 15.9 Å². The van der Waals surface area contributed by atoms with Crippen molar-refractivity contribution < 1.29 is 0 Å². The van der Waals surface area contributed by atoms with Gasteiger partial charge in [-0.2, -0.15) is 5.26 Å². The minimum Gasteiger partial charge on any atom is -0.344 e. The highest BCUT2D eigenvalue weighted by Gasteiger charge is 2.16. The van der Waals surface area contributed by atoms with Crippen molar-refractivity contribution in [1.82, 2.24) is 19.1 Å². The Morgan fingerprint density at radius 3 is 2.52 bits per heavy atom. The van der Waals surface area contributed by atoms with Crippen LogP contribution in [-0.2, 0) is 20.0 Å². The zero-order chi connectivity index (χ0) is 20.7. The Bertz CT molecular complexity index is 1260. The maximum atomic E-state index is 9.44. The summed E-state index contributed by atoms with van der Waals surface area (Å²) < 4.78 is 5.04. The maximum Gasteiger partial charge on any atom is 0.160 e. The van der Waals surface area contributed by atoms with Crippen molar-refractivity contribution in [2.75, 3.05) is 0 Å². The van der Waals surface area contributed by atoms with Crippen molar-refractivity contribution in [2.24, 2.45) is 7.05 Å². The lowest BCUT2D eigenvalue weighted by atomic mass is 10.0. The number of imidazole rings is 1. The van der Waals surface area contributed by atoms with E-state index in [1.165, 1.54) is 5.56 Å². The molecule has 0 saturated carbocycles. The summed E-state index contributed by atoms with van der Waals surface area (Å²) in [6, 6.07) is 12.7. The second-order valence-corrected chi connectivity index (χ2v) is 8.10. The Hall–Kier alpha value is -2.91. The fourth-order valence-electron chi connectivity index (χ4n) is 3.81. The monoisotopic (exact) mass is 447 g/mol. The van der Waals surface area contributed by atoms with Crippen LogP contribution in [0.15, 0.2) is 41.1 Å². The van der Waals surface area contributed by atoms with Crippen LogP contribution in [0.25, 0.3) is 22.3 Å². The molecule has 0 unspecified atom stereocenters. The van der Waals surface area contributed by atoms with Gasteiger partial charge in [-0.15, -0.1) is 0 Å². The Kier molecular flexibility index (Phi) is 5.01. The minimum atomic E-state index is 0.663. The number of aromatic nitrogens is 4. The van der Waals surface area contributed by atoms with Crippen LogP contribution in [0, 0.1) is 25.2 Å². The van der Waals surface area contributed by atoms with E-state index < -0.39 is 0 Å². The third-order valence-corrected chi connectivity index (χ3v) is 6.18. The van der Waals surface area contributed by atoms with Gasteiger partial charge in [0.1, 0.15) is 17.4 Å². The van der Waals surface area contributed by atoms with E-state index >= 15 is 0 Å². The minimum absolute atomic E-state index is 0.663. The summed E-state index contributed by atoms with van der Waals surface area (Å²) in [6.45, 7) is 6.96. The van der Waals surface area contributed by atoms with Crippen LogP contribution in [0.4, 0.5) is 0 Å². The molecule has 0 aliphatic carbocycles. The fourth-order valence-corrected chi connectivity index (χ4v) is 4.35. The number of benzene rings is 1. The number of nitriles is 1. The third kappa shape index (κ3) is 3.36. The standard InChI is InChI=1S/C23H22BrN5/c1-5-19-27-21-14(2)10-15(3)26-23(21)29(19)12-16-6-8-17(9-7-16)20-18(11-25)13-28(4)22(20)24/h6-10,13H,5,12H2,1-4H3. The van der Waals surface area contributed by atoms with E-state index in [1.807, 2.05) is 24.7 Å². The second-order valence-electron chi connectivity index (χ2n) is 7.35. The Balaban J connectivity index is 1.73. The number of hydrogen-bond donors (Lipinski definition) is 0. The van der Waals surface area contributed by atoms with Gasteiger partial charge in [-0.25, -0.2) is 9.97 Å². The van der Waals surface area contributed by atoms with E-state index in [1.54, 1.807) is 0 Å². The molecule has 0 aliphatic rings. The summed E-state index contributed by atoms with van der Waals surface area (Å²) in [5.74, 6) is 1.04. The zero-order valence-electron chi connectivity index (χ0n) is 17.0. The van der Waals surface area contributed by atoms with Gasteiger partial charge in [0.15, 0.2) is 5.65 Å². The molecule has 6 heteroatoms. The molecule has 0 saturated heterocycles. The molecule has 29 heavy (non-hydrogen) atoms. The third-order valence-electron chi connectivity index (χ3n) is 5.23. The Labute approximate surface area is 178 Å². The maximum absolute atomic E-state index is 9.44. The zero-order valence-corrected chi connectivity index (χ0v) is 18.6. The van der Waals surface area contributed by atoms with Gasteiger partial charge in [0.05, 0.1) is 16.7 Å². The molecule has 4 rings (SSSR count). The molecular weight excluding hydrogens is 426 g/mol. The molecule has 3 aromatic heterocycles. The number of halogens is 1. The topological polar surface area (TPSA) is 59.4 Å². The van der Waals surface area contributed by atoms with Crippen LogP contribution in [0.5, 0.6) is 0 Å². The first kappa shape index (κ1) is 19.4. The van der Waals surface area contributed by atoms with Gasteiger partial charge < -0.3 is 9.13 Å². The van der Waals surface area contributed by atoms with E-state index in [-0.39, 0.29) is 0 Å². The molecule has 5 nitrogen and oxygen atoms in total. The first-order valence-corrected chi connectivity index (χ1v) is 10.4. The molecule has 0 radical (unpaired) electrons. The molecule has 0 bridgehead atoms. The highest BCUT2D eigenvalue weighted by Crippen LogP contribution is 2.33. The van der Waals surface area contributed by atoms with Crippen molar-refractivity contribution in [1.29, 1.82) is 5.26 Å². The number of pyridine rings is 1. The molecule has 1 aromatic carbocycles. The van der Waals surface area contributed by atoms with Crippen LogP contribution < -0.4 is 0 Å². The highest BCUT2D eigenvalue weighted by molar-refractivity contribution is 9.10. The molecule has 0 amide bonds. The predicted octanol–water partition coefficient (Wildman–Crippen LogP) is 5.30. The lowest BCUT2D eigenvalue weighted by molar-refractivity contribution is 0.745. The molecule has 4 aromatic rings. The average Bonchev–Trinajstić information content (AvgIpc) is 3.20. The number of fused-ring (bicyclic) bond motifs is 1. The van der Waals surface area contributed by atoms with Crippen molar-refractivity contribution in [3.8, 4) is 17.2 Å². The van der Waals surface area contributed by atoms with Crippen molar-refractivity contribution in [3.63, 3.8) is 0 Å². The lowest BCUT2D eigenvalue weighted by Crippen LogP contribution is -2.05. The molecule has 0 spiro atoms. The lowest BCUT2D eigenvalue weighted by Gasteiger charge is -2.10. The van der Waals surface area contributed by atoms with E-state index in [0.717, 1.165) is 56.9 Å². The van der Waals surface area contributed by atoms with E-state index in [2.05, 4.69) is 70.7 Å². The molecule has 0 N–H and O–H groups in total. The van der Waals surface area contributed by atoms with E-state index in [4.69, 9.17) is 9.97 Å². The first-order valence-electron chi connectivity index (χ1n) is 9.60. The van der Waals surface area contributed by atoms with Gasteiger partial charge in [0, 0.05) is 30.9 Å². The Morgan fingerprint density at radius 1 is 1.14 bits per heavy atom. The smallest absolute Gasteiger partial charge is 0.160 e. The number of aryl methyl sites for hydroxylation is 4. The summed E-state index contributed by atoms with van der Waals surface area (Å²) in [6.07, 6.45) is 2.70. The SMILES string of the molecule is CCc1nc2c(C)cc(C)nc2n1Cc1ccc(-c2c(C#N)cn(C)c2Br)cc1. The van der Waals surface area contributed by atoms with Crippen molar-refractivity contribution >= 4 is 27.1 Å². The van der Waals surface area contributed by atoms with Crippen molar-refractivity contribution in [2.45, 2.75) is 33.7 Å². The fraction of sp³-hybridized carbons (Fsp3) is 0.261. The summed E-state index contributed by atoms with van der Waals surface area (Å²) in [7, 11) is 1.93. The molecular formula is C23H22BrN5. The highest BCUT2D eigenvalue weighted by atomic mass is 79.9.